The van der Waals surface area contributed by atoms with Crippen LogP contribution >= 0.6 is 11.8 Å². The van der Waals surface area contributed by atoms with Gasteiger partial charge in [-0.15, -0.1) is 10.2 Å². The van der Waals surface area contributed by atoms with E-state index in [0.29, 0.717) is 17.5 Å². The zero-order chi connectivity index (χ0) is 19.9. The number of thioether (sulfide) groups is 1. The number of aryl methyl sites for hydroxylation is 1. The van der Waals surface area contributed by atoms with Crippen molar-refractivity contribution in [2.75, 3.05) is 5.75 Å². The van der Waals surface area contributed by atoms with Gasteiger partial charge in [0.15, 0.2) is 17.1 Å². The number of ether oxygens (including phenoxy) is 1. The fourth-order valence-electron chi connectivity index (χ4n) is 2.66. The minimum absolute atomic E-state index is 0.0395. The summed E-state index contributed by atoms with van der Waals surface area (Å²) in [6.07, 6.45) is -0.249. The number of carbonyl (C=O) groups is 1. The molecule has 0 radical (unpaired) electrons. The van der Waals surface area contributed by atoms with Gasteiger partial charge in [-0.05, 0) is 31.5 Å². The van der Waals surface area contributed by atoms with E-state index >= 15 is 0 Å². The van der Waals surface area contributed by atoms with Crippen molar-refractivity contribution in [2.24, 2.45) is 7.05 Å². The highest BCUT2D eigenvalue weighted by molar-refractivity contribution is 7.99. The standard InChI is InChI=1S/C21H24N4O2S/c1-15-9-11-18(12-10-15)27-16(2)20-23-24-21(25(20)3)28-14-19(26)22-13-17-7-5-4-6-8-17/h4-12,16H,13-14H2,1-3H3,(H,22,26). The molecule has 0 fully saturated rings. The summed E-state index contributed by atoms with van der Waals surface area (Å²) in [4.78, 5) is 12.1. The zero-order valence-electron chi connectivity index (χ0n) is 16.3. The molecule has 28 heavy (non-hydrogen) atoms. The van der Waals surface area contributed by atoms with Crippen molar-refractivity contribution in [1.82, 2.24) is 20.1 Å². The van der Waals surface area contributed by atoms with Crippen LogP contribution in [0.3, 0.4) is 0 Å². The van der Waals surface area contributed by atoms with Crippen molar-refractivity contribution in [3.8, 4) is 5.75 Å². The first kappa shape index (κ1) is 19.9. The molecule has 0 bridgehead atoms. The third kappa shape index (κ3) is 5.36. The SMILES string of the molecule is Cc1ccc(OC(C)c2nnc(SCC(=O)NCc3ccccc3)n2C)cc1. The maximum absolute atomic E-state index is 12.1. The first-order chi connectivity index (χ1) is 13.5. The molecule has 1 amide bonds. The number of aromatic nitrogens is 3. The molecule has 0 aliphatic rings. The molecule has 1 N–H and O–H groups in total. The molecule has 6 nitrogen and oxygen atoms in total. The van der Waals surface area contributed by atoms with Gasteiger partial charge in [-0.3, -0.25) is 4.79 Å². The largest absolute Gasteiger partial charge is 0.483 e. The number of amides is 1. The maximum Gasteiger partial charge on any atom is 0.230 e. The van der Waals surface area contributed by atoms with E-state index in [1.165, 1.54) is 17.3 Å². The summed E-state index contributed by atoms with van der Waals surface area (Å²) in [7, 11) is 1.88. The number of hydrogen-bond donors (Lipinski definition) is 1. The molecule has 2 aromatic carbocycles. The van der Waals surface area contributed by atoms with E-state index in [0.717, 1.165) is 11.3 Å². The van der Waals surface area contributed by atoms with Gasteiger partial charge in [-0.25, -0.2) is 0 Å². The van der Waals surface area contributed by atoms with E-state index in [4.69, 9.17) is 4.74 Å². The predicted octanol–water partition coefficient (Wildman–Crippen LogP) is 3.67. The Morgan fingerprint density at radius 2 is 1.86 bits per heavy atom. The molecule has 1 unspecified atom stereocenters. The van der Waals surface area contributed by atoms with Crippen LogP contribution in [0, 0.1) is 6.92 Å². The van der Waals surface area contributed by atoms with E-state index in [1.54, 1.807) is 0 Å². The van der Waals surface area contributed by atoms with Gasteiger partial charge in [-0.1, -0.05) is 59.8 Å². The molecule has 7 heteroatoms. The van der Waals surface area contributed by atoms with E-state index in [2.05, 4.69) is 15.5 Å². The lowest BCUT2D eigenvalue weighted by atomic mass is 10.2. The molecule has 0 saturated carbocycles. The molecule has 0 aliphatic heterocycles. The Morgan fingerprint density at radius 3 is 2.57 bits per heavy atom. The Morgan fingerprint density at radius 1 is 1.14 bits per heavy atom. The van der Waals surface area contributed by atoms with Crippen molar-refractivity contribution in [1.29, 1.82) is 0 Å². The van der Waals surface area contributed by atoms with Crippen LogP contribution in [-0.2, 0) is 18.4 Å². The smallest absolute Gasteiger partial charge is 0.230 e. The number of benzene rings is 2. The molecular weight excluding hydrogens is 372 g/mol. The van der Waals surface area contributed by atoms with Crippen LogP contribution in [0.25, 0.3) is 0 Å². The molecule has 3 rings (SSSR count). The molecule has 0 saturated heterocycles. The second-order valence-electron chi connectivity index (χ2n) is 6.52. The highest BCUT2D eigenvalue weighted by Gasteiger charge is 2.18. The fourth-order valence-corrected chi connectivity index (χ4v) is 3.41. The minimum atomic E-state index is -0.249. The number of nitrogens with zero attached hydrogens (tertiary/aromatic N) is 3. The van der Waals surface area contributed by atoms with Gasteiger partial charge in [0.2, 0.25) is 5.91 Å². The van der Waals surface area contributed by atoms with Crippen LogP contribution in [0.2, 0.25) is 0 Å². The van der Waals surface area contributed by atoms with Gasteiger partial charge in [0, 0.05) is 13.6 Å². The fraction of sp³-hybridized carbons (Fsp3) is 0.286. The van der Waals surface area contributed by atoms with Gasteiger partial charge in [0.25, 0.3) is 0 Å². The summed E-state index contributed by atoms with van der Waals surface area (Å²) in [5.74, 6) is 1.75. The molecule has 0 spiro atoms. The van der Waals surface area contributed by atoms with Gasteiger partial charge in [0.1, 0.15) is 5.75 Å². The number of rotatable bonds is 8. The van der Waals surface area contributed by atoms with Gasteiger partial charge in [0.05, 0.1) is 5.75 Å². The summed E-state index contributed by atoms with van der Waals surface area (Å²) >= 11 is 1.36. The molecule has 146 valence electrons. The monoisotopic (exact) mass is 396 g/mol. The molecule has 1 aromatic heterocycles. The summed E-state index contributed by atoms with van der Waals surface area (Å²) in [5.41, 5.74) is 2.26. The Bertz CT molecular complexity index is 910. The zero-order valence-corrected chi connectivity index (χ0v) is 17.1. The molecule has 3 aromatic rings. The third-order valence-electron chi connectivity index (χ3n) is 4.23. The molecular formula is C21H24N4O2S. The summed E-state index contributed by atoms with van der Waals surface area (Å²) in [5, 5.41) is 12.0. The summed E-state index contributed by atoms with van der Waals surface area (Å²) < 4.78 is 7.82. The second-order valence-corrected chi connectivity index (χ2v) is 7.47. The first-order valence-corrected chi connectivity index (χ1v) is 10.1. The lowest BCUT2D eigenvalue weighted by Gasteiger charge is -2.14. The predicted molar refractivity (Wildman–Crippen MR) is 110 cm³/mol. The van der Waals surface area contributed by atoms with Crippen LogP contribution < -0.4 is 10.1 Å². The Hall–Kier alpha value is -2.80. The first-order valence-electron chi connectivity index (χ1n) is 9.09. The van der Waals surface area contributed by atoms with E-state index in [1.807, 2.05) is 80.1 Å². The normalized spacial score (nSPS) is 11.8. The number of carbonyl (C=O) groups excluding carboxylic acids is 1. The Kier molecular flexibility index (Phi) is 6.71. The topological polar surface area (TPSA) is 69.0 Å². The summed E-state index contributed by atoms with van der Waals surface area (Å²) in [6.45, 7) is 4.49. The quantitative estimate of drug-likeness (QED) is 0.589. The van der Waals surface area contributed by atoms with Gasteiger partial charge < -0.3 is 14.6 Å². The van der Waals surface area contributed by atoms with Crippen LogP contribution in [0.15, 0.2) is 59.8 Å². The van der Waals surface area contributed by atoms with Crippen molar-refractivity contribution < 1.29 is 9.53 Å². The van der Waals surface area contributed by atoms with E-state index in [9.17, 15) is 4.79 Å². The number of nitrogens with one attached hydrogen (secondary N) is 1. The number of hydrogen-bond acceptors (Lipinski definition) is 5. The highest BCUT2D eigenvalue weighted by atomic mass is 32.2. The van der Waals surface area contributed by atoms with Crippen molar-refractivity contribution in [3.63, 3.8) is 0 Å². The maximum atomic E-state index is 12.1. The Balaban J connectivity index is 1.52. The average molecular weight is 397 g/mol. The van der Waals surface area contributed by atoms with Gasteiger partial charge in [-0.2, -0.15) is 0 Å². The van der Waals surface area contributed by atoms with E-state index < -0.39 is 0 Å². The van der Waals surface area contributed by atoms with Crippen molar-refractivity contribution in [3.05, 3.63) is 71.5 Å². The lowest BCUT2D eigenvalue weighted by Crippen LogP contribution is -2.24. The molecule has 1 heterocycles. The van der Waals surface area contributed by atoms with Gasteiger partial charge >= 0.3 is 0 Å². The van der Waals surface area contributed by atoms with Crippen molar-refractivity contribution in [2.45, 2.75) is 31.7 Å². The third-order valence-corrected chi connectivity index (χ3v) is 5.25. The van der Waals surface area contributed by atoms with E-state index in [-0.39, 0.29) is 17.8 Å². The Labute approximate surface area is 169 Å². The van der Waals surface area contributed by atoms with Crippen LogP contribution in [0.5, 0.6) is 5.75 Å². The van der Waals surface area contributed by atoms with Crippen molar-refractivity contribution >= 4 is 17.7 Å². The molecule has 1 atom stereocenters. The second kappa shape index (κ2) is 9.41. The average Bonchev–Trinajstić information content (AvgIpc) is 3.08. The lowest BCUT2D eigenvalue weighted by molar-refractivity contribution is -0.118. The highest BCUT2D eigenvalue weighted by Crippen LogP contribution is 2.23. The minimum Gasteiger partial charge on any atom is -0.483 e. The van der Waals surface area contributed by atoms with Crippen LogP contribution in [0.1, 0.15) is 30.0 Å². The summed E-state index contributed by atoms with van der Waals surface area (Å²) in [6, 6.07) is 17.7. The molecule has 0 aliphatic carbocycles. The van der Waals surface area contributed by atoms with Crippen LogP contribution in [-0.4, -0.2) is 26.4 Å². The van der Waals surface area contributed by atoms with Crippen LogP contribution in [0.4, 0.5) is 0 Å².